The number of aromatic nitrogens is 4. The van der Waals surface area contributed by atoms with E-state index in [1.54, 1.807) is 25.1 Å². The number of aryl methyl sites for hydroxylation is 2. The van der Waals surface area contributed by atoms with Gasteiger partial charge in [-0.3, -0.25) is 19.3 Å². The van der Waals surface area contributed by atoms with Crippen LogP contribution in [0.5, 0.6) is 0 Å². The van der Waals surface area contributed by atoms with Crippen LogP contribution in [0.1, 0.15) is 43.2 Å². The van der Waals surface area contributed by atoms with Gasteiger partial charge in [0.2, 0.25) is 0 Å². The number of hydrogen-bond acceptors (Lipinski definition) is 6. The molecule has 2 amide bonds. The van der Waals surface area contributed by atoms with Gasteiger partial charge in [0.25, 0.3) is 11.8 Å². The van der Waals surface area contributed by atoms with Crippen molar-refractivity contribution in [3.05, 3.63) is 81.1 Å². The first-order chi connectivity index (χ1) is 16.1. The number of carbonyl (C=O) groups excluding carboxylic acids is 2. The number of hydrogen-bond donors (Lipinski definition) is 3. The highest BCUT2D eigenvalue weighted by Gasteiger charge is 2.22. The Kier molecular flexibility index (Phi) is 6.16. The fraction of sp³-hybridized carbons (Fsp3) is 0.174. The Morgan fingerprint density at radius 1 is 1.18 bits per heavy atom. The molecule has 0 aliphatic rings. The van der Waals surface area contributed by atoms with Crippen LogP contribution in [0.25, 0.3) is 10.9 Å². The van der Waals surface area contributed by atoms with Crippen molar-refractivity contribution in [1.29, 1.82) is 0 Å². The molecule has 9 nitrogen and oxygen atoms in total. The van der Waals surface area contributed by atoms with Crippen LogP contribution in [0.15, 0.2) is 36.7 Å². The van der Waals surface area contributed by atoms with E-state index in [1.807, 2.05) is 6.92 Å². The summed E-state index contributed by atoms with van der Waals surface area (Å²) in [5.41, 5.74) is 14.3. The first-order valence-corrected chi connectivity index (χ1v) is 10.6. The Hall–Kier alpha value is -4.05. The number of fused-ring (bicyclic) bond motifs is 1. The molecule has 5 N–H and O–H groups in total. The van der Waals surface area contributed by atoms with Gasteiger partial charge in [-0.25, -0.2) is 9.37 Å². The van der Waals surface area contributed by atoms with Crippen molar-refractivity contribution in [1.82, 2.24) is 25.1 Å². The summed E-state index contributed by atoms with van der Waals surface area (Å²) >= 11 is 5.97. The van der Waals surface area contributed by atoms with Gasteiger partial charge < -0.3 is 16.8 Å². The predicted octanol–water partition coefficient (Wildman–Crippen LogP) is 2.90. The number of carbonyl (C=O) groups is 2. The molecule has 0 radical (unpaired) electrons. The van der Waals surface area contributed by atoms with Crippen molar-refractivity contribution < 1.29 is 14.0 Å². The number of nitrogen functional groups attached to an aromatic ring is 1. The maximum absolute atomic E-state index is 14.5. The molecule has 0 aliphatic heterocycles. The molecular weight excluding hydrogens is 461 g/mol. The third-order valence-corrected chi connectivity index (χ3v) is 5.62. The average Bonchev–Trinajstić information content (AvgIpc) is 3.16. The van der Waals surface area contributed by atoms with E-state index in [0.717, 1.165) is 11.1 Å². The van der Waals surface area contributed by atoms with E-state index in [2.05, 4.69) is 20.4 Å². The molecule has 0 atom stereocenters. The second kappa shape index (κ2) is 9.06. The summed E-state index contributed by atoms with van der Waals surface area (Å²) in [7, 11) is 0. The molecule has 4 rings (SSSR count). The number of nitrogens with zero attached hydrogens (tertiary/aromatic N) is 4. The molecule has 34 heavy (non-hydrogen) atoms. The van der Waals surface area contributed by atoms with Gasteiger partial charge in [-0.05, 0) is 54.8 Å². The van der Waals surface area contributed by atoms with Crippen LogP contribution in [0.2, 0.25) is 5.02 Å². The summed E-state index contributed by atoms with van der Waals surface area (Å²) in [5.74, 6) is -1.52. The van der Waals surface area contributed by atoms with Gasteiger partial charge in [-0.2, -0.15) is 5.10 Å². The van der Waals surface area contributed by atoms with Gasteiger partial charge in [0.1, 0.15) is 22.8 Å². The van der Waals surface area contributed by atoms with E-state index in [9.17, 15) is 14.0 Å². The van der Waals surface area contributed by atoms with Crippen molar-refractivity contribution in [3.8, 4) is 0 Å². The van der Waals surface area contributed by atoms with E-state index in [1.165, 1.54) is 23.1 Å². The molecule has 3 aromatic heterocycles. The fourth-order valence-electron chi connectivity index (χ4n) is 3.85. The molecule has 0 aliphatic carbocycles. The first kappa shape index (κ1) is 23.1. The van der Waals surface area contributed by atoms with Crippen LogP contribution in [0, 0.1) is 19.7 Å². The summed E-state index contributed by atoms with van der Waals surface area (Å²) in [6.45, 7) is 3.84. The molecule has 1 aromatic carbocycles. The number of primary amides is 1. The van der Waals surface area contributed by atoms with Crippen LogP contribution in [-0.4, -0.2) is 31.6 Å². The second-order valence-electron chi connectivity index (χ2n) is 7.84. The Morgan fingerprint density at radius 3 is 2.65 bits per heavy atom. The molecule has 0 saturated heterocycles. The number of benzene rings is 1. The Labute approximate surface area is 198 Å². The van der Waals surface area contributed by atoms with Crippen LogP contribution in [0.4, 0.5) is 10.2 Å². The van der Waals surface area contributed by atoms with E-state index >= 15 is 0 Å². The van der Waals surface area contributed by atoms with Crippen LogP contribution >= 0.6 is 11.6 Å². The summed E-state index contributed by atoms with van der Waals surface area (Å²) in [5, 5.41) is 7.77. The lowest BCUT2D eigenvalue weighted by Crippen LogP contribution is -2.28. The lowest BCUT2D eigenvalue weighted by molar-refractivity contribution is 0.0931. The van der Waals surface area contributed by atoms with Gasteiger partial charge in [-0.1, -0.05) is 11.6 Å². The molecule has 11 heteroatoms. The summed E-state index contributed by atoms with van der Waals surface area (Å²) in [6.07, 6.45) is 2.62. The number of rotatable bonds is 6. The number of halogens is 2. The van der Waals surface area contributed by atoms with Gasteiger partial charge in [0, 0.05) is 23.8 Å². The Morgan fingerprint density at radius 2 is 1.94 bits per heavy atom. The SMILES string of the molecule is Cc1cc(N)nc(C)c1CNC(=O)c1cnn(Cc2cc(F)c3ncc(Cl)cc3c2)c1C(N)=O. The smallest absolute Gasteiger partial charge is 0.267 e. The molecule has 4 aromatic rings. The number of nitrogens with two attached hydrogens (primary N) is 2. The lowest BCUT2D eigenvalue weighted by atomic mass is 10.1. The Bertz CT molecular complexity index is 1430. The highest BCUT2D eigenvalue weighted by Crippen LogP contribution is 2.22. The minimum Gasteiger partial charge on any atom is -0.384 e. The largest absolute Gasteiger partial charge is 0.384 e. The van der Waals surface area contributed by atoms with Crippen molar-refractivity contribution in [2.45, 2.75) is 26.9 Å². The number of amides is 2. The summed E-state index contributed by atoms with van der Waals surface area (Å²) in [6, 6.07) is 6.27. The zero-order valence-corrected chi connectivity index (χ0v) is 19.2. The zero-order chi connectivity index (χ0) is 24.6. The van der Waals surface area contributed by atoms with Crippen molar-refractivity contribution in [2.75, 3.05) is 5.73 Å². The highest BCUT2D eigenvalue weighted by molar-refractivity contribution is 6.31. The highest BCUT2D eigenvalue weighted by atomic mass is 35.5. The number of pyridine rings is 2. The molecule has 0 bridgehead atoms. The standard InChI is InChI=1S/C23H21ClFN7O2/c1-11-3-19(26)31-12(2)16(11)8-29-23(34)17-9-30-32(21(17)22(27)33)10-13-4-14-6-15(24)7-28-20(14)18(25)5-13/h3-7,9H,8,10H2,1-2H3,(H2,26,31)(H2,27,33)(H,29,34). The molecule has 0 unspecified atom stereocenters. The van der Waals surface area contributed by atoms with Crippen molar-refractivity contribution in [2.24, 2.45) is 5.73 Å². The monoisotopic (exact) mass is 481 g/mol. The molecule has 0 spiro atoms. The van der Waals surface area contributed by atoms with Crippen molar-refractivity contribution >= 4 is 40.1 Å². The summed E-state index contributed by atoms with van der Waals surface area (Å²) < 4.78 is 15.8. The van der Waals surface area contributed by atoms with Gasteiger partial charge >= 0.3 is 0 Å². The van der Waals surface area contributed by atoms with Gasteiger partial charge in [-0.15, -0.1) is 0 Å². The number of anilines is 1. The minimum atomic E-state index is -0.838. The van der Waals surface area contributed by atoms with Crippen LogP contribution in [-0.2, 0) is 13.1 Å². The second-order valence-corrected chi connectivity index (χ2v) is 8.28. The van der Waals surface area contributed by atoms with Gasteiger partial charge in [0.15, 0.2) is 0 Å². The van der Waals surface area contributed by atoms with Crippen LogP contribution in [0.3, 0.4) is 0 Å². The lowest BCUT2D eigenvalue weighted by Gasteiger charge is -2.12. The normalized spacial score (nSPS) is 11.1. The van der Waals surface area contributed by atoms with Crippen LogP contribution < -0.4 is 16.8 Å². The third kappa shape index (κ3) is 4.53. The molecule has 3 heterocycles. The zero-order valence-electron chi connectivity index (χ0n) is 18.4. The van der Waals surface area contributed by atoms with E-state index in [-0.39, 0.29) is 29.9 Å². The van der Waals surface area contributed by atoms with Crippen molar-refractivity contribution in [3.63, 3.8) is 0 Å². The quantitative estimate of drug-likeness (QED) is 0.386. The average molecular weight is 482 g/mol. The summed E-state index contributed by atoms with van der Waals surface area (Å²) in [4.78, 5) is 33.3. The van der Waals surface area contributed by atoms with E-state index in [4.69, 9.17) is 23.1 Å². The van der Waals surface area contributed by atoms with E-state index in [0.29, 0.717) is 27.5 Å². The maximum atomic E-state index is 14.5. The first-order valence-electron chi connectivity index (χ1n) is 10.2. The predicted molar refractivity (Wildman–Crippen MR) is 126 cm³/mol. The topological polar surface area (TPSA) is 142 Å². The number of nitrogens with one attached hydrogen (secondary N) is 1. The molecular formula is C23H21ClFN7O2. The molecule has 0 saturated carbocycles. The Balaban J connectivity index is 1.60. The molecule has 174 valence electrons. The minimum absolute atomic E-state index is 0.00499. The third-order valence-electron chi connectivity index (χ3n) is 5.41. The molecule has 0 fully saturated rings. The van der Waals surface area contributed by atoms with Gasteiger partial charge in [0.05, 0.1) is 23.3 Å². The maximum Gasteiger partial charge on any atom is 0.267 e. The van der Waals surface area contributed by atoms with E-state index < -0.39 is 17.6 Å². The fourth-order valence-corrected chi connectivity index (χ4v) is 4.02.